The van der Waals surface area contributed by atoms with Gasteiger partial charge in [0.05, 0.1) is 0 Å². The quantitative estimate of drug-likeness (QED) is 0.399. The highest BCUT2D eigenvalue weighted by Gasteiger charge is 2.29. The van der Waals surface area contributed by atoms with Crippen LogP contribution in [0.1, 0.15) is 32.3 Å². The molecule has 0 spiro atoms. The molecule has 0 aliphatic rings. The van der Waals surface area contributed by atoms with Gasteiger partial charge in [0.1, 0.15) is 11.8 Å². The van der Waals surface area contributed by atoms with Crippen molar-refractivity contribution in [1.82, 2.24) is 10.2 Å². The normalized spacial score (nSPS) is 11.6. The summed E-state index contributed by atoms with van der Waals surface area (Å²) in [5, 5.41) is 3.77. The van der Waals surface area contributed by atoms with Crippen LogP contribution in [-0.2, 0) is 16.1 Å². The van der Waals surface area contributed by atoms with Gasteiger partial charge in [0.25, 0.3) is 5.91 Å². The number of hydrogen-bond acceptors (Lipinski definition) is 3. The van der Waals surface area contributed by atoms with Crippen LogP contribution >= 0.6 is 45.8 Å². The van der Waals surface area contributed by atoms with Crippen molar-refractivity contribution in [3.8, 4) is 5.75 Å². The van der Waals surface area contributed by atoms with Crippen LogP contribution in [0.15, 0.2) is 42.5 Å². The number of hydrogen-bond donors (Lipinski definition) is 1. The molecular weight excluding hydrogens is 538 g/mol. The summed E-state index contributed by atoms with van der Waals surface area (Å²) < 4.78 is 6.73. The highest BCUT2D eigenvalue weighted by Crippen LogP contribution is 2.27. The van der Waals surface area contributed by atoms with Gasteiger partial charge in [-0.3, -0.25) is 9.59 Å². The fraction of sp³-hybridized carbons (Fsp3) is 0.364. The van der Waals surface area contributed by atoms with E-state index in [9.17, 15) is 9.59 Å². The third kappa shape index (κ3) is 7.03. The lowest BCUT2D eigenvalue weighted by Crippen LogP contribution is -2.50. The van der Waals surface area contributed by atoms with Gasteiger partial charge in [0.2, 0.25) is 5.91 Å². The molecular formula is C22H25Cl2IN2O3. The van der Waals surface area contributed by atoms with Crippen molar-refractivity contribution < 1.29 is 14.3 Å². The first-order chi connectivity index (χ1) is 14.4. The third-order valence-electron chi connectivity index (χ3n) is 4.50. The topological polar surface area (TPSA) is 58.6 Å². The molecule has 0 saturated carbocycles. The molecule has 5 nitrogen and oxygen atoms in total. The summed E-state index contributed by atoms with van der Waals surface area (Å²) in [6.07, 6.45) is 1.26. The van der Waals surface area contributed by atoms with Crippen molar-refractivity contribution in [3.63, 3.8) is 0 Å². The molecule has 30 heavy (non-hydrogen) atoms. The van der Waals surface area contributed by atoms with E-state index in [2.05, 4.69) is 27.9 Å². The van der Waals surface area contributed by atoms with Gasteiger partial charge in [-0.15, -0.1) is 0 Å². The molecule has 0 heterocycles. The summed E-state index contributed by atoms with van der Waals surface area (Å²) in [6.45, 7) is 4.31. The van der Waals surface area contributed by atoms with Crippen LogP contribution < -0.4 is 10.1 Å². The van der Waals surface area contributed by atoms with Crippen LogP contribution in [-0.4, -0.2) is 35.9 Å². The zero-order valence-corrected chi connectivity index (χ0v) is 20.6. The zero-order valence-electron chi connectivity index (χ0n) is 17.0. The first-order valence-corrected chi connectivity index (χ1v) is 11.6. The maximum absolute atomic E-state index is 13.1. The van der Waals surface area contributed by atoms with Crippen LogP contribution in [0.2, 0.25) is 10.0 Å². The fourth-order valence-corrected chi connectivity index (χ4v) is 3.77. The number of carbonyl (C=O) groups is 2. The van der Waals surface area contributed by atoms with E-state index in [-0.39, 0.29) is 25.0 Å². The van der Waals surface area contributed by atoms with Gasteiger partial charge in [-0.05, 0) is 71.8 Å². The van der Waals surface area contributed by atoms with E-state index in [0.29, 0.717) is 34.3 Å². The van der Waals surface area contributed by atoms with Crippen molar-refractivity contribution in [2.75, 3.05) is 13.2 Å². The SMILES string of the molecule is CCCNC(=O)[C@H](CC)N(Cc1c(Cl)cccc1Cl)C(=O)COc1ccc(I)cc1. The van der Waals surface area contributed by atoms with Crippen LogP contribution in [0, 0.1) is 3.57 Å². The number of ether oxygens (including phenoxy) is 1. The molecule has 0 aromatic heterocycles. The van der Waals surface area contributed by atoms with Crippen LogP contribution in [0.25, 0.3) is 0 Å². The van der Waals surface area contributed by atoms with Crippen LogP contribution in [0.4, 0.5) is 0 Å². The number of nitrogens with zero attached hydrogens (tertiary/aromatic N) is 1. The molecule has 0 radical (unpaired) electrons. The Kier molecular flexibility index (Phi) is 10.2. The standard InChI is InChI=1S/C22H25Cl2IN2O3/c1-3-12-26-22(29)20(4-2)27(13-17-18(23)6-5-7-19(17)24)21(28)14-30-16-10-8-15(25)9-11-16/h5-11,20H,3-4,12-14H2,1-2H3,(H,26,29)/t20-/m0/s1. The molecule has 2 aromatic carbocycles. The van der Waals surface area contributed by atoms with Gasteiger partial charge in [-0.2, -0.15) is 0 Å². The largest absolute Gasteiger partial charge is 0.484 e. The Morgan fingerprint density at radius 2 is 1.73 bits per heavy atom. The van der Waals surface area contributed by atoms with Gasteiger partial charge in [0, 0.05) is 32.3 Å². The molecule has 0 saturated heterocycles. The van der Waals surface area contributed by atoms with E-state index >= 15 is 0 Å². The van der Waals surface area contributed by atoms with Gasteiger partial charge in [-0.25, -0.2) is 0 Å². The lowest BCUT2D eigenvalue weighted by Gasteiger charge is -2.31. The maximum Gasteiger partial charge on any atom is 0.261 e. The third-order valence-corrected chi connectivity index (χ3v) is 5.93. The van der Waals surface area contributed by atoms with Gasteiger partial charge in [0.15, 0.2) is 6.61 Å². The van der Waals surface area contributed by atoms with E-state index in [1.165, 1.54) is 4.90 Å². The van der Waals surface area contributed by atoms with Crippen LogP contribution in [0.3, 0.4) is 0 Å². The molecule has 0 unspecified atom stereocenters. The number of benzene rings is 2. The Morgan fingerprint density at radius 3 is 2.30 bits per heavy atom. The number of amides is 2. The van der Waals surface area contributed by atoms with Gasteiger partial charge >= 0.3 is 0 Å². The Labute approximate surface area is 201 Å². The van der Waals surface area contributed by atoms with E-state index in [4.69, 9.17) is 27.9 Å². The molecule has 8 heteroatoms. The Balaban J connectivity index is 2.25. The first-order valence-electron chi connectivity index (χ1n) is 9.75. The lowest BCUT2D eigenvalue weighted by molar-refractivity contribution is -0.143. The van der Waals surface area contributed by atoms with Crippen LogP contribution in [0.5, 0.6) is 5.75 Å². The average Bonchev–Trinajstić information content (AvgIpc) is 2.73. The zero-order chi connectivity index (χ0) is 22.1. The molecule has 0 fully saturated rings. The number of halogens is 3. The summed E-state index contributed by atoms with van der Waals surface area (Å²) in [7, 11) is 0. The fourth-order valence-electron chi connectivity index (χ4n) is 2.90. The highest BCUT2D eigenvalue weighted by atomic mass is 127. The average molecular weight is 563 g/mol. The predicted octanol–water partition coefficient (Wildman–Crippen LogP) is 5.31. The molecule has 0 aliphatic heterocycles. The molecule has 0 bridgehead atoms. The van der Waals surface area contributed by atoms with Crippen molar-refractivity contribution in [2.45, 2.75) is 39.3 Å². The maximum atomic E-state index is 13.1. The van der Waals surface area contributed by atoms with Gasteiger partial charge < -0.3 is 15.0 Å². The number of carbonyl (C=O) groups excluding carboxylic acids is 2. The summed E-state index contributed by atoms with van der Waals surface area (Å²) in [5.74, 6) is 0.0659. The van der Waals surface area contributed by atoms with Crippen molar-refractivity contribution in [3.05, 3.63) is 61.6 Å². The summed E-state index contributed by atoms with van der Waals surface area (Å²) in [6, 6.07) is 11.9. The van der Waals surface area contributed by atoms with Crippen molar-refractivity contribution in [1.29, 1.82) is 0 Å². The van der Waals surface area contributed by atoms with Gasteiger partial charge in [-0.1, -0.05) is 43.1 Å². The second-order valence-corrected chi connectivity index (χ2v) is 8.74. The Hall–Kier alpha value is -1.51. The predicted molar refractivity (Wildman–Crippen MR) is 129 cm³/mol. The molecule has 1 N–H and O–H groups in total. The Bertz CT molecular complexity index is 842. The van der Waals surface area contributed by atoms with E-state index in [1.54, 1.807) is 30.3 Å². The smallest absolute Gasteiger partial charge is 0.261 e. The number of nitrogens with one attached hydrogen (secondary N) is 1. The molecule has 2 rings (SSSR count). The Morgan fingerprint density at radius 1 is 1.10 bits per heavy atom. The minimum absolute atomic E-state index is 0.117. The molecule has 1 atom stereocenters. The van der Waals surface area contributed by atoms with Crippen molar-refractivity contribution >= 4 is 57.6 Å². The first kappa shape index (κ1) is 24.8. The molecule has 0 aliphatic carbocycles. The lowest BCUT2D eigenvalue weighted by atomic mass is 10.1. The van der Waals surface area contributed by atoms with E-state index in [0.717, 1.165) is 9.99 Å². The molecule has 2 aromatic rings. The van der Waals surface area contributed by atoms with E-state index in [1.807, 2.05) is 26.0 Å². The molecule has 2 amide bonds. The minimum atomic E-state index is -0.656. The summed E-state index contributed by atoms with van der Waals surface area (Å²) in [4.78, 5) is 27.4. The number of rotatable bonds is 10. The van der Waals surface area contributed by atoms with Crippen molar-refractivity contribution in [2.24, 2.45) is 0 Å². The monoisotopic (exact) mass is 562 g/mol. The molecule has 162 valence electrons. The van der Waals surface area contributed by atoms with E-state index < -0.39 is 6.04 Å². The second-order valence-electron chi connectivity index (χ2n) is 6.68. The minimum Gasteiger partial charge on any atom is -0.484 e. The summed E-state index contributed by atoms with van der Waals surface area (Å²) >= 11 is 14.8. The second kappa shape index (κ2) is 12.4. The summed E-state index contributed by atoms with van der Waals surface area (Å²) in [5.41, 5.74) is 0.602. The highest BCUT2D eigenvalue weighted by molar-refractivity contribution is 14.1.